The Morgan fingerprint density at radius 1 is 1.41 bits per heavy atom. The molecule has 0 aliphatic carbocycles. The van der Waals surface area contributed by atoms with Gasteiger partial charge in [-0.3, -0.25) is 4.57 Å². The van der Waals surface area contributed by atoms with Crippen LogP contribution in [0.1, 0.15) is 18.7 Å². The average Bonchev–Trinajstić information content (AvgIpc) is 3.16. The standard InChI is InChI=1S/C16H19N5O/c1-3-11-22-12-14-5-4-9-21(14)15-6-7-18-16(19-15)20-10-8-17-13(20)2/h1,6-8,10,14H,4-5,9,11-12H2,2H3/t14-/m0/s1. The number of aromatic nitrogens is 4. The quantitative estimate of drug-likeness (QED) is 0.619. The summed E-state index contributed by atoms with van der Waals surface area (Å²) < 4.78 is 7.38. The largest absolute Gasteiger partial charge is 0.367 e. The number of nitrogens with zero attached hydrogens (tertiary/aromatic N) is 5. The van der Waals surface area contributed by atoms with Crippen molar-refractivity contribution in [2.24, 2.45) is 0 Å². The Bertz CT molecular complexity index is 675. The van der Waals surface area contributed by atoms with Gasteiger partial charge in [0.25, 0.3) is 0 Å². The van der Waals surface area contributed by atoms with Gasteiger partial charge >= 0.3 is 0 Å². The van der Waals surface area contributed by atoms with E-state index < -0.39 is 0 Å². The Labute approximate surface area is 130 Å². The van der Waals surface area contributed by atoms with Crippen molar-refractivity contribution >= 4 is 5.82 Å². The van der Waals surface area contributed by atoms with Gasteiger partial charge in [-0.15, -0.1) is 6.42 Å². The van der Waals surface area contributed by atoms with Gasteiger partial charge in [0.1, 0.15) is 18.2 Å². The van der Waals surface area contributed by atoms with E-state index in [2.05, 4.69) is 25.8 Å². The smallest absolute Gasteiger partial charge is 0.237 e. The highest BCUT2D eigenvalue weighted by atomic mass is 16.5. The minimum Gasteiger partial charge on any atom is -0.367 e. The monoisotopic (exact) mass is 297 g/mol. The van der Waals surface area contributed by atoms with Crippen LogP contribution in [0.15, 0.2) is 24.7 Å². The van der Waals surface area contributed by atoms with E-state index in [9.17, 15) is 0 Å². The number of imidazole rings is 1. The summed E-state index contributed by atoms with van der Waals surface area (Å²) >= 11 is 0. The number of rotatable bonds is 5. The van der Waals surface area contributed by atoms with Gasteiger partial charge in [0.05, 0.1) is 12.6 Å². The van der Waals surface area contributed by atoms with Gasteiger partial charge in [-0.2, -0.15) is 4.98 Å². The molecule has 0 radical (unpaired) electrons. The van der Waals surface area contributed by atoms with Crippen LogP contribution in [-0.2, 0) is 4.74 Å². The number of anilines is 1. The van der Waals surface area contributed by atoms with Crippen LogP contribution in [0.5, 0.6) is 0 Å². The number of hydrogen-bond acceptors (Lipinski definition) is 5. The lowest BCUT2D eigenvalue weighted by atomic mass is 10.2. The normalized spacial score (nSPS) is 17.6. The molecule has 0 saturated carbocycles. The number of ether oxygens (including phenoxy) is 1. The van der Waals surface area contributed by atoms with Gasteiger partial charge in [0, 0.05) is 25.1 Å². The molecule has 114 valence electrons. The van der Waals surface area contributed by atoms with E-state index in [0.717, 1.165) is 31.0 Å². The molecule has 0 aromatic carbocycles. The van der Waals surface area contributed by atoms with E-state index >= 15 is 0 Å². The van der Waals surface area contributed by atoms with E-state index in [-0.39, 0.29) is 0 Å². The lowest BCUT2D eigenvalue weighted by Gasteiger charge is -2.25. The fourth-order valence-electron chi connectivity index (χ4n) is 2.77. The predicted octanol–water partition coefficient (Wildman–Crippen LogP) is 1.59. The van der Waals surface area contributed by atoms with E-state index in [4.69, 9.17) is 11.2 Å². The molecule has 2 aromatic rings. The van der Waals surface area contributed by atoms with Crippen LogP contribution in [0, 0.1) is 19.3 Å². The van der Waals surface area contributed by atoms with Crippen molar-refractivity contribution < 1.29 is 4.74 Å². The molecule has 3 heterocycles. The Kier molecular flexibility index (Phi) is 4.35. The van der Waals surface area contributed by atoms with Crippen LogP contribution in [0.3, 0.4) is 0 Å². The second-order valence-electron chi connectivity index (χ2n) is 5.27. The molecule has 2 aromatic heterocycles. The van der Waals surface area contributed by atoms with Crippen LogP contribution >= 0.6 is 0 Å². The van der Waals surface area contributed by atoms with Crippen molar-refractivity contribution in [3.8, 4) is 18.3 Å². The molecule has 22 heavy (non-hydrogen) atoms. The summed E-state index contributed by atoms with van der Waals surface area (Å²) in [5.41, 5.74) is 0. The fourth-order valence-corrected chi connectivity index (χ4v) is 2.77. The lowest BCUT2D eigenvalue weighted by Crippen LogP contribution is -2.34. The molecular weight excluding hydrogens is 278 g/mol. The van der Waals surface area contributed by atoms with Gasteiger partial charge in [0.15, 0.2) is 0 Å². The van der Waals surface area contributed by atoms with E-state index in [0.29, 0.717) is 25.2 Å². The molecule has 3 rings (SSSR count). The van der Waals surface area contributed by atoms with Crippen molar-refractivity contribution in [2.75, 3.05) is 24.7 Å². The minimum atomic E-state index is 0.319. The number of terminal acetylenes is 1. The molecule has 0 N–H and O–H groups in total. The summed E-state index contributed by atoms with van der Waals surface area (Å²) in [6.07, 6.45) is 12.9. The maximum atomic E-state index is 5.50. The highest BCUT2D eigenvalue weighted by molar-refractivity contribution is 5.42. The third-order valence-corrected chi connectivity index (χ3v) is 3.84. The van der Waals surface area contributed by atoms with Crippen LogP contribution in [-0.4, -0.2) is 45.3 Å². The SMILES string of the molecule is C#CCOC[C@@H]1CCCN1c1ccnc(-n2ccnc2C)n1. The first-order valence-corrected chi connectivity index (χ1v) is 7.41. The Hall–Kier alpha value is -2.39. The zero-order chi connectivity index (χ0) is 15.4. The highest BCUT2D eigenvalue weighted by Gasteiger charge is 2.26. The Morgan fingerprint density at radius 2 is 2.32 bits per heavy atom. The molecule has 1 aliphatic rings. The summed E-state index contributed by atoms with van der Waals surface area (Å²) in [6, 6.07) is 2.26. The van der Waals surface area contributed by atoms with Gasteiger partial charge < -0.3 is 9.64 Å². The van der Waals surface area contributed by atoms with Crippen LogP contribution < -0.4 is 4.90 Å². The molecule has 1 fully saturated rings. The maximum Gasteiger partial charge on any atom is 0.237 e. The van der Waals surface area contributed by atoms with E-state index in [1.807, 2.05) is 23.8 Å². The zero-order valence-electron chi connectivity index (χ0n) is 12.6. The molecule has 1 atom stereocenters. The van der Waals surface area contributed by atoms with Gasteiger partial charge in [-0.05, 0) is 25.8 Å². The molecule has 1 aliphatic heterocycles. The van der Waals surface area contributed by atoms with E-state index in [1.165, 1.54) is 0 Å². The third kappa shape index (κ3) is 2.95. The van der Waals surface area contributed by atoms with Crippen molar-refractivity contribution in [1.29, 1.82) is 0 Å². The van der Waals surface area contributed by atoms with Gasteiger partial charge in [0.2, 0.25) is 5.95 Å². The maximum absolute atomic E-state index is 5.50. The van der Waals surface area contributed by atoms with Gasteiger partial charge in [-0.25, -0.2) is 9.97 Å². The number of aryl methyl sites for hydroxylation is 1. The third-order valence-electron chi connectivity index (χ3n) is 3.84. The van der Waals surface area contributed by atoms with Crippen molar-refractivity contribution in [2.45, 2.75) is 25.8 Å². The molecule has 0 spiro atoms. The van der Waals surface area contributed by atoms with Gasteiger partial charge in [-0.1, -0.05) is 5.92 Å². The van der Waals surface area contributed by atoms with Crippen molar-refractivity contribution in [3.63, 3.8) is 0 Å². The summed E-state index contributed by atoms with van der Waals surface area (Å²) in [7, 11) is 0. The first kappa shape index (κ1) is 14.5. The fraction of sp³-hybridized carbons (Fsp3) is 0.438. The minimum absolute atomic E-state index is 0.319. The summed E-state index contributed by atoms with van der Waals surface area (Å²) in [5.74, 6) is 4.93. The average molecular weight is 297 g/mol. The highest BCUT2D eigenvalue weighted by Crippen LogP contribution is 2.24. The van der Waals surface area contributed by atoms with Crippen LogP contribution in [0.25, 0.3) is 5.95 Å². The summed E-state index contributed by atoms with van der Waals surface area (Å²) in [4.78, 5) is 15.5. The Balaban J connectivity index is 1.80. The molecule has 6 nitrogen and oxygen atoms in total. The molecule has 6 heteroatoms. The summed E-state index contributed by atoms with van der Waals surface area (Å²) in [5, 5.41) is 0. The predicted molar refractivity (Wildman–Crippen MR) is 83.9 cm³/mol. The van der Waals surface area contributed by atoms with E-state index in [1.54, 1.807) is 12.4 Å². The summed E-state index contributed by atoms with van der Waals surface area (Å²) in [6.45, 7) is 3.90. The van der Waals surface area contributed by atoms with Crippen molar-refractivity contribution in [1.82, 2.24) is 19.5 Å². The second-order valence-corrected chi connectivity index (χ2v) is 5.27. The van der Waals surface area contributed by atoms with Crippen molar-refractivity contribution in [3.05, 3.63) is 30.5 Å². The topological polar surface area (TPSA) is 56.1 Å². The first-order chi connectivity index (χ1) is 10.8. The first-order valence-electron chi connectivity index (χ1n) is 7.41. The zero-order valence-corrected chi connectivity index (χ0v) is 12.6. The van der Waals surface area contributed by atoms with Crippen LogP contribution in [0.4, 0.5) is 5.82 Å². The molecule has 1 saturated heterocycles. The number of hydrogen-bond donors (Lipinski definition) is 0. The molecule has 0 amide bonds. The molecule has 0 bridgehead atoms. The molecule has 0 unspecified atom stereocenters. The lowest BCUT2D eigenvalue weighted by molar-refractivity contribution is 0.152. The van der Waals surface area contributed by atoms with Crippen LogP contribution in [0.2, 0.25) is 0 Å². The Morgan fingerprint density at radius 3 is 3.09 bits per heavy atom. The molecular formula is C16H19N5O. The second kappa shape index (κ2) is 6.58.